The maximum absolute atomic E-state index is 4.97. The lowest BCUT2D eigenvalue weighted by Crippen LogP contribution is -2.18. The average molecular weight is 328 g/mol. The molecule has 1 aromatic carbocycles. The maximum Gasteiger partial charge on any atom is 0.147 e. The number of halogens is 1. The average Bonchev–Trinajstić information content (AvgIpc) is 2.83. The number of ether oxygens (including phenoxy) is 1. The van der Waals surface area contributed by atoms with E-state index in [4.69, 9.17) is 4.74 Å². The number of benzene rings is 1. The Hall–Kier alpha value is -0.820. The predicted octanol–water partition coefficient (Wildman–Crippen LogP) is 2.70. The maximum atomic E-state index is 4.97. The molecule has 0 aliphatic heterocycles. The Balaban J connectivity index is 1.97. The van der Waals surface area contributed by atoms with E-state index in [1.807, 2.05) is 24.3 Å². The summed E-state index contributed by atoms with van der Waals surface area (Å²) < 4.78 is 6.02. The molecule has 1 aromatic heterocycles. The van der Waals surface area contributed by atoms with Gasteiger partial charge in [-0.3, -0.25) is 0 Å². The highest BCUT2D eigenvalue weighted by atomic mass is 79.9. The highest BCUT2D eigenvalue weighted by Crippen LogP contribution is 2.25. The van der Waals surface area contributed by atoms with Crippen LogP contribution in [0.15, 0.2) is 28.7 Å². The SMILES string of the molecule is COCCNCc1nnc(-c2cccc(Br)c2)s1. The van der Waals surface area contributed by atoms with Crippen LogP contribution in [0.1, 0.15) is 5.01 Å². The van der Waals surface area contributed by atoms with Crippen molar-refractivity contribution in [3.05, 3.63) is 33.7 Å². The topological polar surface area (TPSA) is 47.0 Å². The monoisotopic (exact) mass is 327 g/mol. The fourth-order valence-electron chi connectivity index (χ4n) is 1.43. The van der Waals surface area contributed by atoms with Crippen molar-refractivity contribution in [2.75, 3.05) is 20.3 Å². The molecule has 0 amide bonds. The quantitative estimate of drug-likeness (QED) is 0.829. The summed E-state index contributed by atoms with van der Waals surface area (Å²) in [6.07, 6.45) is 0. The van der Waals surface area contributed by atoms with Crippen molar-refractivity contribution in [3.8, 4) is 10.6 Å². The van der Waals surface area contributed by atoms with Gasteiger partial charge < -0.3 is 10.1 Å². The van der Waals surface area contributed by atoms with Gasteiger partial charge in [-0.1, -0.05) is 39.4 Å². The third-order valence-corrected chi connectivity index (χ3v) is 3.76. The molecule has 0 atom stereocenters. The second-order valence-corrected chi connectivity index (χ2v) is 5.66. The highest BCUT2D eigenvalue weighted by Gasteiger charge is 2.06. The number of hydrogen-bond donors (Lipinski definition) is 1. The zero-order chi connectivity index (χ0) is 12.8. The summed E-state index contributed by atoms with van der Waals surface area (Å²) in [5, 5.41) is 13.6. The number of nitrogens with zero attached hydrogens (tertiary/aromatic N) is 2. The van der Waals surface area contributed by atoms with Crippen LogP contribution in [0, 0.1) is 0 Å². The minimum absolute atomic E-state index is 0.706. The molecule has 0 bridgehead atoms. The molecule has 96 valence electrons. The number of rotatable bonds is 6. The van der Waals surface area contributed by atoms with E-state index >= 15 is 0 Å². The van der Waals surface area contributed by atoms with E-state index in [1.165, 1.54) is 0 Å². The van der Waals surface area contributed by atoms with Crippen LogP contribution in [0.4, 0.5) is 0 Å². The lowest BCUT2D eigenvalue weighted by molar-refractivity contribution is 0.199. The van der Waals surface area contributed by atoms with Gasteiger partial charge >= 0.3 is 0 Å². The first-order valence-electron chi connectivity index (χ1n) is 5.57. The van der Waals surface area contributed by atoms with Crippen LogP contribution in [-0.2, 0) is 11.3 Å². The lowest BCUT2D eigenvalue weighted by atomic mass is 10.2. The molecule has 0 spiro atoms. The molecule has 0 radical (unpaired) electrons. The van der Waals surface area contributed by atoms with Gasteiger partial charge in [-0.05, 0) is 12.1 Å². The molecule has 1 N–H and O–H groups in total. The molecule has 0 saturated carbocycles. The zero-order valence-corrected chi connectivity index (χ0v) is 12.4. The molecule has 0 aliphatic carbocycles. The van der Waals surface area contributed by atoms with E-state index in [0.717, 1.165) is 33.1 Å². The second-order valence-electron chi connectivity index (χ2n) is 3.68. The molecule has 0 aliphatic rings. The first-order chi connectivity index (χ1) is 8.79. The fraction of sp³-hybridized carbons (Fsp3) is 0.333. The van der Waals surface area contributed by atoms with Gasteiger partial charge in [0.05, 0.1) is 6.61 Å². The summed E-state index contributed by atoms with van der Waals surface area (Å²) >= 11 is 5.06. The Morgan fingerprint density at radius 3 is 3.06 bits per heavy atom. The van der Waals surface area contributed by atoms with Gasteiger partial charge in [-0.15, -0.1) is 10.2 Å². The largest absolute Gasteiger partial charge is 0.383 e. The summed E-state index contributed by atoms with van der Waals surface area (Å²) in [5.74, 6) is 0. The van der Waals surface area contributed by atoms with Gasteiger partial charge in [0.25, 0.3) is 0 Å². The zero-order valence-electron chi connectivity index (χ0n) is 10.0. The molecule has 0 saturated heterocycles. The van der Waals surface area contributed by atoms with E-state index in [-0.39, 0.29) is 0 Å². The van der Waals surface area contributed by atoms with Crippen molar-refractivity contribution in [2.24, 2.45) is 0 Å². The van der Waals surface area contributed by atoms with Crippen molar-refractivity contribution >= 4 is 27.3 Å². The van der Waals surface area contributed by atoms with Crippen LogP contribution in [0.2, 0.25) is 0 Å². The summed E-state index contributed by atoms with van der Waals surface area (Å²) in [7, 11) is 1.69. The molecule has 0 fully saturated rings. The minimum Gasteiger partial charge on any atom is -0.383 e. The molecular formula is C12H14BrN3OS. The first-order valence-corrected chi connectivity index (χ1v) is 7.18. The molecular weight excluding hydrogens is 314 g/mol. The Labute approximate surface area is 119 Å². The van der Waals surface area contributed by atoms with Crippen LogP contribution in [-0.4, -0.2) is 30.5 Å². The van der Waals surface area contributed by atoms with Gasteiger partial charge in [0.1, 0.15) is 10.0 Å². The van der Waals surface area contributed by atoms with Crippen LogP contribution < -0.4 is 5.32 Å². The summed E-state index contributed by atoms with van der Waals surface area (Å²) in [4.78, 5) is 0. The summed E-state index contributed by atoms with van der Waals surface area (Å²) in [6, 6.07) is 8.07. The van der Waals surface area contributed by atoms with Gasteiger partial charge in [-0.25, -0.2) is 0 Å². The van der Waals surface area contributed by atoms with E-state index in [2.05, 4.69) is 31.4 Å². The lowest BCUT2D eigenvalue weighted by Gasteiger charge is -1.99. The molecule has 2 rings (SSSR count). The van der Waals surface area contributed by atoms with Gasteiger partial charge in [-0.2, -0.15) is 0 Å². The predicted molar refractivity (Wildman–Crippen MR) is 76.6 cm³/mol. The summed E-state index contributed by atoms with van der Waals surface area (Å²) in [5.41, 5.74) is 1.09. The van der Waals surface area contributed by atoms with E-state index < -0.39 is 0 Å². The molecule has 4 nitrogen and oxygen atoms in total. The number of aromatic nitrogens is 2. The molecule has 6 heteroatoms. The van der Waals surface area contributed by atoms with E-state index in [0.29, 0.717) is 6.61 Å². The van der Waals surface area contributed by atoms with Crippen molar-refractivity contribution < 1.29 is 4.74 Å². The van der Waals surface area contributed by atoms with Crippen LogP contribution >= 0.6 is 27.3 Å². The summed E-state index contributed by atoms with van der Waals surface area (Å²) in [6.45, 7) is 2.26. The van der Waals surface area contributed by atoms with Crippen molar-refractivity contribution in [1.29, 1.82) is 0 Å². The Kier molecular flexibility index (Phi) is 5.25. The third-order valence-electron chi connectivity index (χ3n) is 2.30. The van der Waals surface area contributed by atoms with E-state index in [9.17, 15) is 0 Å². The normalized spacial score (nSPS) is 10.8. The molecule has 18 heavy (non-hydrogen) atoms. The fourth-order valence-corrected chi connectivity index (χ4v) is 2.64. The first kappa shape index (κ1) is 13.6. The Morgan fingerprint density at radius 1 is 1.39 bits per heavy atom. The highest BCUT2D eigenvalue weighted by molar-refractivity contribution is 9.10. The van der Waals surface area contributed by atoms with E-state index in [1.54, 1.807) is 18.4 Å². The number of hydrogen-bond acceptors (Lipinski definition) is 5. The number of nitrogens with one attached hydrogen (secondary N) is 1. The smallest absolute Gasteiger partial charge is 0.147 e. The van der Waals surface area contributed by atoms with Crippen LogP contribution in [0.5, 0.6) is 0 Å². The minimum atomic E-state index is 0.706. The molecule has 1 heterocycles. The van der Waals surface area contributed by atoms with Crippen molar-refractivity contribution in [1.82, 2.24) is 15.5 Å². The Morgan fingerprint density at radius 2 is 2.28 bits per heavy atom. The van der Waals surface area contributed by atoms with Crippen LogP contribution in [0.25, 0.3) is 10.6 Å². The Bertz CT molecular complexity index is 504. The van der Waals surface area contributed by atoms with Gasteiger partial charge in [0.2, 0.25) is 0 Å². The van der Waals surface area contributed by atoms with Crippen LogP contribution in [0.3, 0.4) is 0 Å². The number of methoxy groups -OCH3 is 1. The molecule has 2 aromatic rings. The van der Waals surface area contributed by atoms with Crippen molar-refractivity contribution in [3.63, 3.8) is 0 Å². The van der Waals surface area contributed by atoms with Gasteiger partial charge in [0.15, 0.2) is 0 Å². The van der Waals surface area contributed by atoms with Gasteiger partial charge in [0, 0.05) is 30.2 Å². The molecule has 0 unspecified atom stereocenters. The van der Waals surface area contributed by atoms with Crippen molar-refractivity contribution in [2.45, 2.75) is 6.54 Å². The standard InChI is InChI=1S/C12H14BrN3OS/c1-17-6-5-14-8-11-15-16-12(18-11)9-3-2-4-10(13)7-9/h2-4,7,14H,5-6,8H2,1H3. The third kappa shape index (κ3) is 3.84. The second kappa shape index (κ2) is 6.94.